The molecule has 0 saturated heterocycles. The van der Waals surface area contributed by atoms with Crippen LogP contribution in [0.25, 0.3) is 0 Å². The monoisotopic (exact) mass is 340 g/mol. The normalized spacial score (nSPS) is 34.2. The fraction of sp³-hybridized carbons (Fsp3) is 0.500. The molecule has 1 saturated carbocycles. The molecule has 0 aromatic rings. The van der Waals surface area contributed by atoms with Crippen molar-refractivity contribution in [2.75, 3.05) is 0 Å². The summed E-state index contributed by atoms with van der Waals surface area (Å²) in [6, 6.07) is 0. The molecule has 0 aliphatic heterocycles. The quantitative estimate of drug-likeness (QED) is 0.441. The van der Waals surface area contributed by atoms with Crippen LogP contribution in [-0.2, 0) is 0 Å². The number of hydrogen-bond donors (Lipinski definition) is 0. The summed E-state index contributed by atoms with van der Waals surface area (Å²) in [5.74, 6) is 1.32. The summed E-state index contributed by atoms with van der Waals surface area (Å²) < 4.78 is 1.31. The molecule has 2 aliphatic rings. The average Bonchev–Trinajstić information content (AvgIpc) is 2.51. The van der Waals surface area contributed by atoms with E-state index in [9.17, 15) is 0 Å². The first-order chi connectivity index (χ1) is 7.98. The molecule has 0 aromatic carbocycles. The summed E-state index contributed by atoms with van der Waals surface area (Å²) in [6.45, 7) is 11.2. The van der Waals surface area contributed by atoms with E-state index in [2.05, 4.69) is 74.2 Å². The van der Waals surface area contributed by atoms with Crippen LogP contribution in [0.15, 0.2) is 45.6 Å². The van der Waals surface area contributed by atoms with Gasteiger partial charge in [-0.15, -0.1) is 0 Å². The van der Waals surface area contributed by atoms with Gasteiger partial charge in [0.15, 0.2) is 0 Å². The number of rotatable bonds is 1. The average molecular weight is 340 g/mol. The van der Waals surface area contributed by atoms with Crippen LogP contribution in [0.1, 0.15) is 33.6 Å². The molecule has 2 atom stereocenters. The lowest BCUT2D eigenvalue weighted by Gasteiger charge is -2.30. The van der Waals surface area contributed by atoms with E-state index in [-0.39, 0.29) is 5.41 Å². The van der Waals surface area contributed by atoms with Crippen molar-refractivity contribution in [1.82, 2.24) is 0 Å². The smallest absolute Gasteiger partial charge is 0.00902 e. The first-order valence-electron chi connectivity index (χ1n) is 6.38. The summed E-state index contributed by atoms with van der Waals surface area (Å²) in [5.41, 5.74) is 3.07. The SMILES string of the molecule is C=C1/C(=C\C(I)=C/C)C(C)(C)C2C=CCCC12. The van der Waals surface area contributed by atoms with Crippen molar-refractivity contribution in [3.05, 3.63) is 45.6 Å². The lowest BCUT2D eigenvalue weighted by atomic mass is 9.74. The highest BCUT2D eigenvalue weighted by molar-refractivity contribution is 14.1. The van der Waals surface area contributed by atoms with E-state index in [1.54, 1.807) is 0 Å². The minimum atomic E-state index is 0.234. The molecule has 0 nitrogen and oxygen atoms in total. The van der Waals surface area contributed by atoms with E-state index in [1.807, 2.05) is 0 Å². The van der Waals surface area contributed by atoms with Gasteiger partial charge >= 0.3 is 0 Å². The minimum absolute atomic E-state index is 0.234. The molecule has 1 heteroatoms. The van der Waals surface area contributed by atoms with E-state index in [4.69, 9.17) is 0 Å². The molecule has 0 N–H and O–H groups in total. The molecular weight excluding hydrogens is 319 g/mol. The lowest BCUT2D eigenvalue weighted by Crippen LogP contribution is -2.22. The van der Waals surface area contributed by atoms with Gasteiger partial charge in [0, 0.05) is 3.58 Å². The number of halogens is 1. The molecule has 0 radical (unpaired) electrons. The zero-order valence-corrected chi connectivity index (χ0v) is 13.1. The van der Waals surface area contributed by atoms with Crippen LogP contribution in [0.4, 0.5) is 0 Å². The van der Waals surface area contributed by atoms with E-state index in [0.717, 1.165) is 0 Å². The fourth-order valence-corrected chi connectivity index (χ4v) is 3.57. The lowest BCUT2D eigenvalue weighted by molar-refractivity contribution is 0.290. The van der Waals surface area contributed by atoms with Crippen LogP contribution in [0.5, 0.6) is 0 Å². The molecule has 1 fully saturated rings. The molecule has 0 amide bonds. The van der Waals surface area contributed by atoms with Crippen LogP contribution in [0.3, 0.4) is 0 Å². The molecular formula is C16H21I. The molecule has 2 aliphatic carbocycles. The number of allylic oxidation sites excluding steroid dienone is 7. The van der Waals surface area contributed by atoms with Gasteiger partial charge in [-0.25, -0.2) is 0 Å². The Bertz CT molecular complexity index is 421. The minimum Gasteiger partial charge on any atom is -0.0952 e. The molecule has 0 aromatic heterocycles. The summed E-state index contributed by atoms with van der Waals surface area (Å²) in [5, 5.41) is 0. The highest BCUT2D eigenvalue weighted by atomic mass is 127. The molecule has 17 heavy (non-hydrogen) atoms. The maximum absolute atomic E-state index is 4.37. The predicted molar refractivity (Wildman–Crippen MR) is 84.1 cm³/mol. The van der Waals surface area contributed by atoms with Crippen molar-refractivity contribution in [2.45, 2.75) is 33.6 Å². The summed E-state index contributed by atoms with van der Waals surface area (Å²) >= 11 is 2.40. The van der Waals surface area contributed by atoms with Crippen LogP contribution in [0.2, 0.25) is 0 Å². The molecule has 0 spiro atoms. The van der Waals surface area contributed by atoms with Crippen molar-refractivity contribution in [3.8, 4) is 0 Å². The summed E-state index contributed by atoms with van der Waals surface area (Å²) in [4.78, 5) is 0. The number of hydrogen-bond acceptors (Lipinski definition) is 0. The van der Waals surface area contributed by atoms with Crippen molar-refractivity contribution < 1.29 is 0 Å². The Labute approximate surface area is 119 Å². The Hall–Kier alpha value is -0.310. The van der Waals surface area contributed by atoms with Gasteiger partial charge in [0.25, 0.3) is 0 Å². The van der Waals surface area contributed by atoms with E-state index in [0.29, 0.717) is 11.8 Å². The Morgan fingerprint density at radius 2 is 2.24 bits per heavy atom. The van der Waals surface area contributed by atoms with Gasteiger partial charge in [-0.1, -0.05) is 38.7 Å². The van der Waals surface area contributed by atoms with Gasteiger partial charge in [0.05, 0.1) is 0 Å². The van der Waals surface area contributed by atoms with E-state index < -0.39 is 0 Å². The molecule has 0 bridgehead atoms. The maximum atomic E-state index is 4.37. The third-order valence-electron chi connectivity index (χ3n) is 4.30. The van der Waals surface area contributed by atoms with Gasteiger partial charge in [0.2, 0.25) is 0 Å². The van der Waals surface area contributed by atoms with Crippen LogP contribution >= 0.6 is 22.6 Å². The van der Waals surface area contributed by atoms with Crippen LogP contribution < -0.4 is 0 Å². The first kappa shape index (κ1) is 13.1. The second-order valence-corrected chi connectivity index (χ2v) is 6.86. The van der Waals surface area contributed by atoms with Gasteiger partial charge in [-0.3, -0.25) is 0 Å². The van der Waals surface area contributed by atoms with Crippen molar-refractivity contribution in [1.29, 1.82) is 0 Å². The number of fused-ring (bicyclic) bond motifs is 1. The topological polar surface area (TPSA) is 0 Å². The Balaban J connectivity index is 2.45. The van der Waals surface area contributed by atoms with E-state index >= 15 is 0 Å². The predicted octanol–water partition coefficient (Wildman–Crippen LogP) is 5.43. The van der Waals surface area contributed by atoms with Gasteiger partial charge in [0.1, 0.15) is 0 Å². The molecule has 0 heterocycles. The Kier molecular flexibility index (Phi) is 3.67. The summed E-state index contributed by atoms with van der Waals surface area (Å²) in [7, 11) is 0. The molecule has 92 valence electrons. The largest absolute Gasteiger partial charge is 0.0952 e. The van der Waals surface area contributed by atoms with Crippen molar-refractivity contribution >= 4 is 22.6 Å². The van der Waals surface area contributed by atoms with Crippen LogP contribution in [0, 0.1) is 17.3 Å². The van der Waals surface area contributed by atoms with Gasteiger partial charge in [-0.2, -0.15) is 0 Å². The zero-order valence-electron chi connectivity index (χ0n) is 11.0. The highest BCUT2D eigenvalue weighted by Crippen LogP contribution is 2.56. The fourth-order valence-electron chi connectivity index (χ4n) is 3.26. The Morgan fingerprint density at radius 3 is 2.82 bits per heavy atom. The second-order valence-electron chi connectivity index (χ2n) is 5.62. The van der Waals surface area contributed by atoms with Crippen molar-refractivity contribution in [3.63, 3.8) is 0 Å². The zero-order chi connectivity index (χ0) is 12.6. The van der Waals surface area contributed by atoms with Gasteiger partial charge < -0.3 is 0 Å². The second kappa shape index (κ2) is 4.75. The van der Waals surface area contributed by atoms with Gasteiger partial charge in [-0.05, 0) is 76.8 Å². The maximum Gasteiger partial charge on any atom is 0.00902 e. The molecule has 2 rings (SSSR count). The first-order valence-corrected chi connectivity index (χ1v) is 7.46. The third kappa shape index (κ3) is 2.18. The van der Waals surface area contributed by atoms with E-state index in [1.165, 1.54) is 27.6 Å². The standard InChI is InChI=1S/C16H21I/c1-5-12(17)10-15-11(2)13-8-6-7-9-14(13)16(15,3)4/h5,7,9-10,13-14H,2,6,8H2,1,3-4H3/b12-5+,15-10+. The third-order valence-corrected chi connectivity index (χ3v) is 5.23. The summed E-state index contributed by atoms with van der Waals surface area (Å²) in [6.07, 6.45) is 11.7. The van der Waals surface area contributed by atoms with Crippen LogP contribution in [-0.4, -0.2) is 0 Å². The Morgan fingerprint density at radius 1 is 1.53 bits per heavy atom. The van der Waals surface area contributed by atoms with Crippen molar-refractivity contribution in [2.24, 2.45) is 17.3 Å². The highest BCUT2D eigenvalue weighted by Gasteiger charge is 2.46. The molecule has 2 unspecified atom stereocenters.